The highest BCUT2D eigenvalue weighted by atomic mass is 16.5. The summed E-state index contributed by atoms with van der Waals surface area (Å²) in [6.07, 6.45) is 0. The number of ether oxygens (including phenoxy) is 3. The van der Waals surface area contributed by atoms with Gasteiger partial charge < -0.3 is 24.8 Å². The van der Waals surface area contributed by atoms with Crippen LogP contribution in [0.25, 0.3) is 0 Å². The number of methoxy groups -OCH3 is 2. The van der Waals surface area contributed by atoms with Gasteiger partial charge in [0.15, 0.2) is 0 Å². The highest BCUT2D eigenvalue weighted by molar-refractivity contribution is 6.02. The van der Waals surface area contributed by atoms with Gasteiger partial charge in [-0.2, -0.15) is 0 Å². The molecule has 0 aromatic heterocycles. The minimum Gasteiger partial charge on any atom is -0.496 e. The Kier molecular flexibility index (Phi) is 7.38. The molecule has 28 heavy (non-hydrogen) atoms. The zero-order valence-corrected chi connectivity index (χ0v) is 15.9. The summed E-state index contributed by atoms with van der Waals surface area (Å²) in [7, 11) is 2.89. The Hall–Kier alpha value is -3.55. The van der Waals surface area contributed by atoms with Crippen molar-refractivity contribution < 1.29 is 28.6 Å². The highest BCUT2D eigenvalue weighted by Gasteiger charge is 2.18. The number of anilines is 1. The number of carbonyl (C=O) groups is 3. The quantitative estimate of drug-likeness (QED) is 0.675. The van der Waals surface area contributed by atoms with Crippen molar-refractivity contribution in [1.82, 2.24) is 5.32 Å². The zero-order valence-electron chi connectivity index (χ0n) is 15.9. The second-order valence-electron chi connectivity index (χ2n) is 5.57. The molecule has 2 amide bonds. The number of rotatable bonds is 8. The van der Waals surface area contributed by atoms with E-state index in [1.807, 2.05) is 0 Å². The zero-order chi connectivity index (χ0) is 20.5. The fourth-order valence-electron chi connectivity index (χ4n) is 2.43. The van der Waals surface area contributed by atoms with Crippen molar-refractivity contribution in [2.45, 2.75) is 6.92 Å². The van der Waals surface area contributed by atoms with E-state index < -0.39 is 17.8 Å². The van der Waals surface area contributed by atoms with Gasteiger partial charge in [0.25, 0.3) is 5.91 Å². The first-order valence-corrected chi connectivity index (χ1v) is 8.56. The Labute approximate surface area is 162 Å². The summed E-state index contributed by atoms with van der Waals surface area (Å²) in [5.74, 6) is -0.676. The van der Waals surface area contributed by atoms with E-state index in [1.54, 1.807) is 49.4 Å². The standard InChI is InChI=1S/C20H22N2O6/c1-4-28-20(25)13-8-10-14(11-9-13)22-17(23)12-21-19(24)18-15(26-2)6-5-7-16(18)27-3/h5-11H,4,12H2,1-3H3,(H,21,24)(H,22,23). The van der Waals surface area contributed by atoms with Crippen LogP contribution in [0.5, 0.6) is 11.5 Å². The molecule has 2 aromatic carbocycles. The smallest absolute Gasteiger partial charge is 0.338 e. The lowest BCUT2D eigenvalue weighted by Gasteiger charge is -2.13. The van der Waals surface area contributed by atoms with Crippen molar-refractivity contribution in [1.29, 1.82) is 0 Å². The summed E-state index contributed by atoms with van der Waals surface area (Å²) in [4.78, 5) is 36.2. The van der Waals surface area contributed by atoms with Crippen LogP contribution in [0.4, 0.5) is 5.69 Å². The van der Waals surface area contributed by atoms with E-state index in [2.05, 4.69) is 10.6 Å². The Balaban J connectivity index is 1.96. The minimum absolute atomic E-state index is 0.207. The fourth-order valence-corrected chi connectivity index (χ4v) is 2.43. The number of amides is 2. The summed E-state index contributed by atoms with van der Waals surface area (Å²) >= 11 is 0. The molecule has 0 saturated heterocycles. The van der Waals surface area contributed by atoms with Gasteiger partial charge in [0.1, 0.15) is 17.1 Å². The number of benzene rings is 2. The van der Waals surface area contributed by atoms with Crippen LogP contribution in [0.15, 0.2) is 42.5 Å². The third-order valence-electron chi connectivity index (χ3n) is 3.74. The van der Waals surface area contributed by atoms with Gasteiger partial charge in [-0.15, -0.1) is 0 Å². The van der Waals surface area contributed by atoms with E-state index in [0.29, 0.717) is 22.7 Å². The normalized spacial score (nSPS) is 9.96. The average Bonchev–Trinajstić information content (AvgIpc) is 2.72. The first-order chi connectivity index (χ1) is 13.5. The molecular formula is C20H22N2O6. The monoisotopic (exact) mass is 386 g/mol. The van der Waals surface area contributed by atoms with Gasteiger partial charge in [0, 0.05) is 5.69 Å². The molecule has 0 aliphatic carbocycles. The molecule has 0 spiro atoms. The van der Waals surface area contributed by atoms with E-state index in [1.165, 1.54) is 14.2 Å². The summed E-state index contributed by atoms with van der Waals surface area (Å²) in [5, 5.41) is 5.17. The van der Waals surface area contributed by atoms with E-state index in [4.69, 9.17) is 14.2 Å². The number of carbonyl (C=O) groups excluding carboxylic acids is 3. The second-order valence-corrected chi connectivity index (χ2v) is 5.57. The summed E-state index contributed by atoms with van der Waals surface area (Å²) in [6.45, 7) is 1.76. The summed E-state index contributed by atoms with van der Waals surface area (Å²) in [6, 6.07) is 11.2. The number of esters is 1. The van der Waals surface area contributed by atoms with Gasteiger partial charge in [-0.05, 0) is 43.3 Å². The van der Waals surface area contributed by atoms with Gasteiger partial charge in [0.05, 0.1) is 32.9 Å². The number of hydrogen-bond donors (Lipinski definition) is 2. The Morgan fingerprint density at radius 3 is 2.07 bits per heavy atom. The lowest BCUT2D eigenvalue weighted by molar-refractivity contribution is -0.115. The summed E-state index contributed by atoms with van der Waals surface area (Å²) in [5.41, 5.74) is 1.08. The molecule has 8 nitrogen and oxygen atoms in total. The van der Waals surface area contributed by atoms with Crippen LogP contribution < -0.4 is 20.1 Å². The Morgan fingerprint density at radius 2 is 1.54 bits per heavy atom. The lowest BCUT2D eigenvalue weighted by atomic mass is 10.1. The van der Waals surface area contributed by atoms with Gasteiger partial charge in [-0.3, -0.25) is 9.59 Å². The molecule has 0 aliphatic heterocycles. The first kappa shape index (κ1) is 20.8. The predicted octanol–water partition coefficient (Wildman–Crippen LogP) is 2.25. The van der Waals surface area contributed by atoms with Crippen LogP contribution >= 0.6 is 0 Å². The number of hydrogen-bond acceptors (Lipinski definition) is 6. The van der Waals surface area contributed by atoms with Gasteiger partial charge in [-0.1, -0.05) is 6.07 Å². The molecule has 0 unspecified atom stereocenters. The molecule has 0 saturated carbocycles. The molecule has 0 heterocycles. The van der Waals surface area contributed by atoms with Crippen molar-refractivity contribution in [3.63, 3.8) is 0 Å². The lowest BCUT2D eigenvalue weighted by Crippen LogP contribution is -2.33. The van der Waals surface area contributed by atoms with Crippen LogP contribution in [0, 0.1) is 0 Å². The number of nitrogens with one attached hydrogen (secondary N) is 2. The maximum atomic E-state index is 12.4. The SMILES string of the molecule is CCOC(=O)c1ccc(NC(=O)CNC(=O)c2c(OC)cccc2OC)cc1. The van der Waals surface area contributed by atoms with Gasteiger partial charge in [-0.25, -0.2) is 4.79 Å². The van der Waals surface area contributed by atoms with E-state index in [-0.39, 0.29) is 18.7 Å². The molecule has 0 aliphatic rings. The van der Waals surface area contributed by atoms with E-state index in [9.17, 15) is 14.4 Å². The maximum absolute atomic E-state index is 12.4. The van der Waals surface area contributed by atoms with Crippen molar-refractivity contribution in [2.24, 2.45) is 0 Å². The third-order valence-corrected chi connectivity index (χ3v) is 3.74. The minimum atomic E-state index is -0.498. The molecule has 148 valence electrons. The molecule has 2 N–H and O–H groups in total. The molecule has 8 heteroatoms. The predicted molar refractivity (Wildman–Crippen MR) is 103 cm³/mol. The van der Waals surface area contributed by atoms with Crippen LogP contribution in [0.2, 0.25) is 0 Å². The summed E-state index contributed by atoms with van der Waals surface area (Å²) < 4.78 is 15.3. The van der Waals surface area contributed by atoms with E-state index >= 15 is 0 Å². The molecule has 0 bridgehead atoms. The largest absolute Gasteiger partial charge is 0.496 e. The van der Waals surface area contributed by atoms with Crippen LogP contribution in [0.3, 0.4) is 0 Å². The molecule has 2 aromatic rings. The van der Waals surface area contributed by atoms with Crippen molar-refractivity contribution in [3.05, 3.63) is 53.6 Å². The fraction of sp³-hybridized carbons (Fsp3) is 0.250. The Bertz CT molecular complexity index is 826. The van der Waals surface area contributed by atoms with Crippen LogP contribution in [0.1, 0.15) is 27.6 Å². The van der Waals surface area contributed by atoms with Gasteiger partial charge >= 0.3 is 5.97 Å². The second kappa shape index (κ2) is 9.96. The van der Waals surface area contributed by atoms with Crippen molar-refractivity contribution in [3.8, 4) is 11.5 Å². The molecular weight excluding hydrogens is 364 g/mol. The molecule has 2 rings (SSSR count). The molecule has 0 fully saturated rings. The average molecular weight is 386 g/mol. The topological polar surface area (TPSA) is 103 Å². The first-order valence-electron chi connectivity index (χ1n) is 8.56. The van der Waals surface area contributed by atoms with Crippen molar-refractivity contribution >= 4 is 23.5 Å². The highest BCUT2D eigenvalue weighted by Crippen LogP contribution is 2.27. The molecule has 0 atom stereocenters. The van der Waals surface area contributed by atoms with Crippen LogP contribution in [-0.4, -0.2) is 45.2 Å². The van der Waals surface area contributed by atoms with E-state index in [0.717, 1.165) is 0 Å². The molecule has 0 radical (unpaired) electrons. The Morgan fingerprint density at radius 1 is 0.929 bits per heavy atom. The third kappa shape index (κ3) is 5.23. The maximum Gasteiger partial charge on any atom is 0.338 e. The van der Waals surface area contributed by atoms with Crippen molar-refractivity contribution in [2.75, 3.05) is 32.7 Å². The van der Waals surface area contributed by atoms with Gasteiger partial charge in [0.2, 0.25) is 5.91 Å². The van der Waals surface area contributed by atoms with Crippen LogP contribution in [-0.2, 0) is 9.53 Å².